The molecule has 2 rings (SSSR count). The minimum Gasteiger partial charge on any atom is -0.377 e. The van der Waals surface area contributed by atoms with Crippen LogP contribution in [0.1, 0.15) is 11.3 Å². The monoisotopic (exact) mass is 256 g/mol. The molecule has 0 aliphatic carbocycles. The van der Waals surface area contributed by atoms with Crippen molar-refractivity contribution < 1.29 is 0 Å². The summed E-state index contributed by atoms with van der Waals surface area (Å²) in [7, 11) is 0. The van der Waals surface area contributed by atoms with Gasteiger partial charge in [-0.05, 0) is 18.6 Å². The number of H-pyrrole nitrogens is 1. The average molecular weight is 257 g/mol. The third-order valence-electron chi connectivity index (χ3n) is 2.15. The van der Waals surface area contributed by atoms with E-state index in [4.69, 9.17) is 23.2 Å². The van der Waals surface area contributed by atoms with E-state index in [1.54, 1.807) is 18.6 Å². The number of aromatic amines is 1. The van der Waals surface area contributed by atoms with Crippen molar-refractivity contribution in [3.63, 3.8) is 0 Å². The Hall–Kier alpha value is -1.26. The van der Waals surface area contributed by atoms with Gasteiger partial charge in [0.05, 0.1) is 24.3 Å². The van der Waals surface area contributed by atoms with E-state index in [-0.39, 0.29) is 0 Å². The SMILES string of the molecule is Cc1cc(Cl)nc(Cl)c1NCc1cnc[nH]1. The smallest absolute Gasteiger partial charge is 0.154 e. The van der Waals surface area contributed by atoms with E-state index in [1.165, 1.54) is 0 Å². The van der Waals surface area contributed by atoms with Gasteiger partial charge in [0.1, 0.15) is 5.15 Å². The fraction of sp³-hybridized carbons (Fsp3) is 0.200. The first-order valence-corrected chi connectivity index (χ1v) is 5.46. The first kappa shape index (κ1) is 11.2. The number of nitrogens with one attached hydrogen (secondary N) is 2. The van der Waals surface area contributed by atoms with Crippen LogP contribution in [0.4, 0.5) is 5.69 Å². The number of anilines is 1. The molecule has 0 amide bonds. The van der Waals surface area contributed by atoms with E-state index in [1.807, 2.05) is 6.92 Å². The number of hydrogen-bond acceptors (Lipinski definition) is 3. The van der Waals surface area contributed by atoms with E-state index in [2.05, 4.69) is 20.3 Å². The lowest BCUT2D eigenvalue weighted by molar-refractivity contribution is 1.06. The highest BCUT2D eigenvalue weighted by Crippen LogP contribution is 2.26. The van der Waals surface area contributed by atoms with Crippen LogP contribution < -0.4 is 5.32 Å². The Balaban J connectivity index is 2.15. The van der Waals surface area contributed by atoms with Crippen molar-refractivity contribution in [1.29, 1.82) is 0 Å². The van der Waals surface area contributed by atoms with Crippen LogP contribution >= 0.6 is 23.2 Å². The summed E-state index contributed by atoms with van der Waals surface area (Å²) >= 11 is 11.8. The van der Waals surface area contributed by atoms with Crippen molar-refractivity contribution in [3.8, 4) is 0 Å². The molecule has 4 nitrogen and oxygen atoms in total. The van der Waals surface area contributed by atoms with Gasteiger partial charge < -0.3 is 10.3 Å². The Morgan fingerprint density at radius 1 is 1.44 bits per heavy atom. The van der Waals surface area contributed by atoms with E-state index in [0.717, 1.165) is 16.9 Å². The second-order valence-corrected chi connectivity index (χ2v) is 4.10. The standard InChI is InChI=1S/C10H10Cl2N4/c1-6-2-8(11)16-10(12)9(6)14-4-7-3-13-5-15-7/h2-3,5,14H,4H2,1H3,(H,13,15). The topological polar surface area (TPSA) is 53.6 Å². The normalized spacial score (nSPS) is 10.4. The maximum Gasteiger partial charge on any atom is 0.154 e. The van der Waals surface area contributed by atoms with Gasteiger partial charge in [0, 0.05) is 6.20 Å². The molecule has 0 aliphatic rings. The van der Waals surface area contributed by atoms with Crippen molar-refractivity contribution in [3.05, 3.63) is 40.2 Å². The Morgan fingerprint density at radius 3 is 2.88 bits per heavy atom. The van der Waals surface area contributed by atoms with E-state index in [0.29, 0.717) is 16.9 Å². The molecule has 2 aromatic heterocycles. The van der Waals surface area contributed by atoms with Gasteiger partial charge in [-0.15, -0.1) is 0 Å². The highest BCUT2D eigenvalue weighted by Gasteiger charge is 2.07. The van der Waals surface area contributed by atoms with Gasteiger partial charge >= 0.3 is 0 Å². The molecule has 0 unspecified atom stereocenters. The molecular formula is C10H10Cl2N4. The molecule has 0 fully saturated rings. The molecule has 84 valence electrons. The molecule has 16 heavy (non-hydrogen) atoms. The number of aryl methyl sites for hydroxylation is 1. The molecule has 0 radical (unpaired) electrons. The van der Waals surface area contributed by atoms with Gasteiger partial charge in [0.15, 0.2) is 5.15 Å². The van der Waals surface area contributed by atoms with E-state index < -0.39 is 0 Å². The number of nitrogens with zero attached hydrogens (tertiary/aromatic N) is 2. The molecule has 0 bridgehead atoms. The summed E-state index contributed by atoms with van der Waals surface area (Å²) in [4.78, 5) is 10.9. The van der Waals surface area contributed by atoms with Gasteiger partial charge in [-0.25, -0.2) is 9.97 Å². The van der Waals surface area contributed by atoms with Gasteiger partial charge in [-0.2, -0.15) is 0 Å². The molecule has 0 atom stereocenters. The number of pyridine rings is 1. The summed E-state index contributed by atoms with van der Waals surface area (Å²) in [5, 5.41) is 3.96. The van der Waals surface area contributed by atoms with Crippen molar-refractivity contribution >= 4 is 28.9 Å². The second kappa shape index (κ2) is 4.72. The number of hydrogen-bond donors (Lipinski definition) is 2. The third kappa shape index (κ3) is 2.46. The van der Waals surface area contributed by atoms with Crippen LogP contribution in [0.2, 0.25) is 10.3 Å². The summed E-state index contributed by atoms with van der Waals surface area (Å²) in [5.74, 6) is 0. The third-order valence-corrected chi connectivity index (χ3v) is 2.62. The van der Waals surface area contributed by atoms with Crippen LogP contribution in [-0.2, 0) is 6.54 Å². The summed E-state index contributed by atoms with van der Waals surface area (Å²) in [6, 6.07) is 1.77. The lowest BCUT2D eigenvalue weighted by atomic mass is 10.2. The van der Waals surface area contributed by atoms with Crippen molar-refractivity contribution in [1.82, 2.24) is 15.0 Å². The Labute approximate surface area is 103 Å². The molecule has 6 heteroatoms. The Bertz CT molecular complexity index is 459. The quantitative estimate of drug-likeness (QED) is 0.831. The van der Waals surface area contributed by atoms with Crippen LogP contribution in [0.3, 0.4) is 0 Å². The maximum absolute atomic E-state index is 5.99. The zero-order valence-electron chi connectivity index (χ0n) is 8.59. The summed E-state index contributed by atoms with van der Waals surface area (Å²) < 4.78 is 0. The fourth-order valence-corrected chi connectivity index (χ4v) is 1.97. The van der Waals surface area contributed by atoms with Crippen molar-refractivity contribution in [2.75, 3.05) is 5.32 Å². The van der Waals surface area contributed by atoms with E-state index in [9.17, 15) is 0 Å². The number of rotatable bonds is 3. The van der Waals surface area contributed by atoms with Gasteiger partial charge in [-0.1, -0.05) is 23.2 Å². The maximum atomic E-state index is 5.99. The van der Waals surface area contributed by atoms with Gasteiger partial charge in [-0.3, -0.25) is 0 Å². The van der Waals surface area contributed by atoms with Crippen LogP contribution in [-0.4, -0.2) is 15.0 Å². The lowest BCUT2D eigenvalue weighted by Crippen LogP contribution is -2.03. The minimum atomic E-state index is 0.379. The molecule has 2 heterocycles. The van der Waals surface area contributed by atoms with Crippen LogP contribution in [0.15, 0.2) is 18.6 Å². The molecule has 2 N–H and O–H groups in total. The van der Waals surface area contributed by atoms with Gasteiger partial charge in [0.25, 0.3) is 0 Å². The second-order valence-electron chi connectivity index (χ2n) is 3.36. The lowest BCUT2D eigenvalue weighted by Gasteiger charge is -2.10. The predicted octanol–water partition coefficient (Wildman–Crippen LogP) is 3.03. The van der Waals surface area contributed by atoms with E-state index >= 15 is 0 Å². The number of imidazole rings is 1. The molecule has 0 aromatic carbocycles. The molecule has 0 saturated heterocycles. The fourth-order valence-electron chi connectivity index (χ4n) is 1.37. The zero-order chi connectivity index (χ0) is 11.5. The molecule has 2 aromatic rings. The highest BCUT2D eigenvalue weighted by atomic mass is 35.5. The Morgan fingerprint density at radius 2 is 2.25 bits per heavy atom. The predicted molar refractivity (Wildman–Crippen MR) is 64.9 cm³/mol. The van der Waals surface area contributed by atoms with Crippen LogP contribution in [0, 0.1) is 6.92 Å². The molecule has 0 saturated carbocycles. The Kier molecular flexibility index (Phi) is 3.31. The first-order valence-electron chi connectivity index (χ1n) is 4.70. The van der Waals surface area contributed by atoms with Crippen molar-refractivity contribution in [2.24, 2.45) is 0 Å². The largest absolute Gasteiger partial charge is 0.377 e. The molecular weight excluding hydrogens is 247 g/mol. The first-order chi connectivity index (χ1) is 7.66. The van der Waals surface area contributed by atoms with Crippen LogP contribution in [0.25, 0.3) is 0 Å². The summed E-state index contributed by atoms with van der Waals surface area (Å²) in [6.07, 6.45) is 3.38. The van der Waals surface area contributed by atoms with Gasteiger partial charge in [0.2, 0.25) is 0 Å². The molecule has 0 spiro atoms. The molecule has 0 aliphatic heterocycles. The zero-order valence-corrected chi connectivity index (χ0v) is 10.1. The average Bonchev–Trinajstić information content (AvgIpc) is 2.68. The summed E-state index contributed by atoms with van der Waals surface area (Å²) in [6.45, 7) is 2.54. The summed E-state index contributed by atoms with van der Waals surface area (Å²) in [5.41, 5.74) is 2.73. The number of aromatic nitrogens is 3. The number of halogens is 2. The highest BCUT2D eigenvalue weighted by molar-refractivity contribution is 6.34. The van der Waals surface area contributed by atoms with Crippen LogP contribution in [0.5, 0.6) is 0 Å². The minimum absolute atomic E-state index is 0.379. The van der Waals surface area contributed by atoms with Crippen molar-refractivity contribution in [2.45, 2.75) is 13.5 Å².